The maximum atomic E-state index is 9.33. The largest absolute Gasteiger partial charge is 4.00 e. The molecule has 10 aromatic carbocycles. The van der Waals surface area contributed by atoms with E-state index in [1.807, 2.05) is 0 Å². The second kappa shape index (κ2) is 22.1. The number of fused-ring (bicyclic) bond motifs is 8. The minimum Gasteiger partial charge on any atom is -0.876 e. The zero-order valence-corrected chi connectivity index (χ0v) is 44.9. The Bertz CT molecular complexity index is 3430. The van der Waals surface area contributed by atoms with Gasteiger partial charge in [-0.25, -0.2) is 0 Å². The first-order valence-corrected chi connectivity index (χ1v) is 24.8. The van der Waals surface area contributed by atoms with Crippen molar-refractivity contribution >= 4 is 21.5 Å². The Labute approximate surface area is 448 Å². The van der Waals surface area contributed by atoms with Crippen molar-refractivity contribution in [3.05, 3.63) is 262 Å². The quantitative estimate of drug-likeness (QED) is 0.100. The number of aryl methyl sites for hydroxylation is 6. The van der Waals surface area contributed by atoms with Crippen LogP contribution in [-0.2, 0) is 34.6 Å². The van der Waals surface area contributed by atoms with Gasteiger partial charge < -0.3 is 10.2 Å². The molecule has 0 aromatic heterocycles. The monoisotopic (exact) mass is 980 g/mol. The van der Waals surface area contributed by atoms with Crippen LogP contribution in [0.3, 0.4) is 0 Å². The average Bonchev–Trinajstić information content (AvgIpc) is 3.89. The van der Waals surface area contributed by atoms with Gasteiger partial charge in [-0.2, -0.15) is 0 Å². The first-order chi connectivity index (χ1) is 34.6. The average molecular weight is 981 g/mol. The normalized spacial score (nSPS) is 11.3. The zero-order chi connectivity index (χ0) is 50.8. The van der Waals surface area contributed by atoms with Crippen molar-refractivity contribution < 1.29 is 31.9 Å². The summed E-state index contributed by atoms with van der Waals surface area (Å²) >= 11 is 0. The molecular formula is C70H60O2Ti. The Morgan fingerprint density at radius 1 is 0.397 bits per heavy atom. The van der Waals surface area contributed by atoms with E-state index >= 15 is 0 Å². The fraction of sp³-hybridized carbons (Fsp3) is 0.143. The van der Waals surface area contributed by atoms with Gasteiger partial charge in [0.1, 0.15) is 0 Å². The van der Waals surface area contributed by atoms with Crippen molar-refractivity contribution in [3.8, 4) is 66.8 Å². The van der Waals surface area contributed by atoms with Crippen molar-refractivity contribution in [2.45, 2.75) is 68.2 Å². The fourth-order valence-corrected chi connectivity index (χ4v) is 11.1. The van der Waals surface area contributed by atoms with Crippen LogP contribution >= 0.6 is 0 Å². The molecule has 0 fully saturated rings. The van der Waals surface area contributed by atoms with Crippen LogP contribution in [0.4, 0.5) is 0 Å². The molecule has 0 unspecified atom stereocenters. The second-order valence-corrected chi connectivity index (χ2v) is 19.6. The van der Waals surface area contributed by atoms with Gasteiger partial charge in [0.15, 0.2) is 0 Å². The Kier molecular flexibility index (Phi) is 15.7. The van der Waals surface area contributed by atoms with Gasteiger partial charge in [0, 0.05) is 0 Å². The molecule has 0 radical (unpaired) electrons. The second-order valence-electron chi connectivity index (χ2n) is 19.6. The minimum absolute atomic E-state index is 0. The molecule has 0 aliphatic heterocycles. The molecule has 0 amide bonds. The molecule has 0 N–H and O–H groups in total. The molecule has 0 heterocycles. The fourth-order valence-electron chi connectivity index (χ4n) is 11.1. The van der Waals surface area contributed by atoms with E-state index in [2.05, 4.69) is 237 Å². The third kappa shape index (κ3) is 11.1. The smallest absolute Gasteiger partial charge is 0.876 e. The minimum atomic E-state index is -0.0833. The summed E-state index contributed by atoms with van der Waals surface area (Å²) in [6.07, 6.45) is 1.89. The van der Waals surface area contributed by atoms with Crippen molar-refractivity contribution in [1.82, 2.24) is 0 Å². The van der Waals surface area contributed by atoms with Crippen LogP contribution in [0.15, 0.2) is 195 Å². The Balaban J connectivity index is 0.000000168. The SMILES string of the molecule is C=C(C)[O-].C=C(C)[O-].Cc1cc(C)c(-c2[c-]c3c(cc2)-c2ccc(-c4c(C)cc(C)cc4C)cc2C3)c(C)c1.[Ti+4].[c-]1c(-c2cccc3ccccc23)ccc2c1Cc1cc(-c3cccc4ccccc34)ccc1-2. The van der Waals surface area contributed by atoms with E-state index in [9.17, 15) is 10.2 Å². The van der Waals surface area contributed by atoms with Crippen molar-refractivity contribution in [2.75, 3.05) is 0 Å². The van der Waals surface area contributed by atoms with Gasteiger partial charge >= 0.3 is 21.7 Å². The number of hydrogen-bond acceptors (Lipinski definition) is 2. The molecule has 2 nitrogen and oxygen atoms in total. The summed E-state index contributed by atoms with van der Waals surface area (Å²) in [5.41, 5.74) is 29.1. The summed E-state index contributed by atoms with van der Waals surface area (Å²) < 4.78 is 0. The van der Waals surface area contributed by atoms with Crippen LogP contribution < -0.4 is 10.2 Å². The molecule has 12 rings (SSSR count). The number of benzene rings is 10. The van der Waals surface area contributed by atoms with Gasteiger partial charge in [-0.3, -0.25) is 0 Å². The van der Waals surface area contributed by atoms with E-state index in [1.165, 1.54) is 158 Å². The van der Waals surface area contributed by atoms with Crippen LogP contribution in [0, 0.1) is 53.7 Å². The molecule has 3 heteroatoms. The van der Waals surface area contributed by atoms with E-state index in [0.717, 1.165) is 12.8 Å². The predicted octanol–water partition coefficient (Wildman–Crippen LogP) is 16.7. The van der Waals surface area contributed by atoms with E-state index in [4.69, 9.17) is 0 Å². The Morgan fingerprint density at radius 2 is 0.781 bits per heavy atom. The number of hydrogen-bond donors (Lipinski definition) is 0. The molecule has 2 aliphatic carbocycles. The Hall–Kier alpha value is -7.49. The molecule has 356 valence electrons. The van der Waals surface area contributed by atoms with E-state index in [-0.39, 0.29) is 33.2 Å². The van der Waals surface area contributed by atoms with Gasteiger partial charge in [-0.15, -0.1) is 83.3 Å². The summed E-state index contributed by atoms with van der Waals surface area (Å²) in [6, 6.07) is 70.0. The third-order valence-electron chi connectivity index (χ3n) is 13.7. The summed E-state index contributed by atoms with van der Waals surface area (Å²) in [6.45, 7) is 22.1. The molecule has 10 aromatic rings. The van der Waals surface area contributed by atoms with Crippen molar-refractivity contribution in [3.63, 3.8) is 0 Å². The molecule has 0 saturated heterocycles. The summed E-state index contributed by atoms with van der Waals surface area (Å²) in [5, 5.41) is 23.8. The molecule has 2 aliphatic rings. The maximum absolute atomic E-state index is 9.33. The van der Waals surface area contributed by atoms with Crippen LogP contribution in [0.25, 0.3) is 88.3 Å². The number of allylic oxidation sites excluding steroid dienone is 2. The zero-order valence-electron chi connectivity index (χ0n) is 43.3. The predicted molar refractivity (Wildman–Crippen MR) is 302 cm³/mol. The topological polar surface area (TPSA) is 46.1 Å². The molecule has 0 atom stereocenters. The molecule has 73 heavy (non-hydrogen) atoms. The Morgan fingerprint density at radius 3 is 1.30 bits per heavy atom. The standard InChI is InChI=1S/C33H21.C31H29.2C3H6O.Ti/c1-3-11-28-22(7-1)9-5-13-30(28)24-15-17-32-26(19-24)21-27-20-25(16-18-33(27)32)31-14-6-10-23-8-2-4-12-29(23)31;1-18-11-20(3)30(21(4)12-18)24-7-9-28-26(15-24)17-27-16-25(8-10-29(27)28)31-22(5)13-19(2)14-23(31)6;2*1-3(2)4;/h1-19H,21H2;7-15H,17H2,1-6H3;2*4H,1H2,2H3;/q2*-1;;;+4/p-2. The van der Waals surface area contributed by atoms with E-state index in [0.29, 0.717) is 0 Å². The van der Waals surface area contributed by atoms with Gasteiger partial charge in [-0.1, -0.05) is 220 Å². The molecule has 0 spiro atoms. The maximum Gasteiger partial charge on any atom is 4.00 e. The summed E-state index contributed by atoms with van der Waals surface area (Å²) in [4.78, 5) is 0. The van der Waals surface area contributed by atoms with E-state index in [1.54, 1.807) is 0 Å². The van der Waals surface area contributed by atoms with Gasteiger partial charge in [0.2, 0.25) is 0 Å². The van der Waals surface area contributed by atoms with Crippen LogP contribution in [0.2, 0.25) is 0 Å². The van der Waals surface area contributed by atoms with Crippen molar-refractivity contribution in [2.24, 2.45) is 0 Å². The van der Waals surface area contributed by atoms with Gasteiger partial charge in [-0.05, 0) is 115 Å². The summed E-state index contributed by atoms with van der Waals surface area (Å²) in [5.74, 6) is -0.167. The molecule has 0 bridgehead atoms. The first kappa shape index (κ1) is 51.9. The third-order valence-corrected chi connectivity index (χ3v) is 13.7. The van der Waals surface area contributed by atoms with E-state index < -0.39 is 0 Å². The first-order valence-electron chi connectivity index (χ1n) is 24.8. The van der Waals surface area contributed by atoms with Crippen LogP contribution in [0.5, 0.6) is 0 Å². The molecular weight excluding hydrogens is 921 g/mol. The van der Waals surface area contributed by atoms with Crippen LogP contribution in [-0.4, -0.2) is 0 Å². The number of rotatable bonds is 4. The van der Waals surface area contributed by atoms with Crippen LogP contribution in [0.1, 0.15) is 69.5 Å². The molecule has 0 saturated carbocycles. The van der Waals surface area contributed by atoms with Gasteiger partial charge in [0.25, 0.3) is 0 Å². The summed E-state index contributed by atoms with van der Waals surface area (Å²) in [7, 11) is 0. The van der Waals surface area contributed by atoms with Gasteiger partial charge in [0.05, 0.1) is 0 Å². The van der Waals surface area contributed by atoms with Crippen molar-refractivity contribution in [1.29, 1.82) is 0 Å².